The normalized spacial score (nSPS) is 17.8. The predicted octanol–water partition coefficient (Wildman–Crippen LogP) is 9.25. The van der Waals surface area contributed by atoms with Crippen LogP contribution in [-0.2, 0) is 37.6 Å². The average Bonchev–Trinajstić information content (AvgIpc) is 3.13. The number of nitriles is 1. The van der Waals surface area contributed by atoms with Gasteiger partial charge in [0.2, 0.25) is 0 Å². The highest BCUT2D eigenvalue weighted by atomic mass is 32.2. The average molecular weight is 733 g/mol. The van der Waals surface area contributed by atoms with Gasteiger partial charge in [-0.3, -0.25) is 4.90 Å². The quantitative estimate of drug-likeness (QED) is 0.170. The lowest BCUT2D eigenvalue weighted by atomic mass is 9.78. The Kier molecular flexibility index (Phi) is 13.2. The van der Waals surface area contributed by atoms with Crippen LogP contribution in [0.4, 0.5) is 18.0 Å². The van der Waals surface area contributed by atoms with Crippen molar-refractivity contribution in [2.75, 3.05) is 19.0 Å². The van der Waals surface area contributed by atoms with Crippen molar-refractivity contribution in [3.8, 4) is 12.6 Å². The number of carbonyl (C=O) groups excluding carboxylic acids is 1. The van der Waals surface area contributed by atoms with Crippen LogP contribution in [0.1, 0.15) is 59.3 Å². The van der Waals surface area contributed by atoms with Gasteiger partial charge in [-0.2, -0.15) is 18.4 Å². The second-order valence-corrected chi connectivity index (χ2v) is 14.7. The minimum atomic E-state index is -4.47. The molecule has 0 spiro atoms. The molecule has 1 amide bonds. The lowest BCUT2D eigenvalue weighted by Gasteiger charge is -2.48. The zero-order chi connectivity index (χ0) is 37.9. The van der Waals surface area contributed by atoms with E-state index in [-0.39, 0.29) is 36.4 Å². The topological polar surface area (TPSA) is 101 Å². The summed E-state index contributed by atoms with van der Waals surface area (Å²) in [6.07, 6.45) is -4.75. The van der Waals surface area contributed by atoms with Crippen molar-refractivity contribution >= 4 is 15.9 Å². The third kappa shape index (κ3) is 10.2. The van der Waals surface area contributed by atoms with Crippen LogP contribution in [0.5, 0.6) is 0 Å². The number of nitrogens with zero attached hydrogens (tertiary/aromatic N) is 3. The number of benzene rings is 4. The summed E-state index contributed by atoms with van der Waals surface area (Å²) >= 11 is 0. The van der Waals surface area contributed by atoms with Crippen LogP contribution in [0, 0.1) is 37.7 Å². The monoisotopic (exact) mass is 732 g/mol. The molecule has 1 heterocycles. The molecule has 0 radical (unpaired) electrons. The van der Waals surface area contributed by atoms with E-state index < -0.39 is 39.3 Å². The molecule has 3 atom stereocenters. The summed E-state index contributed by atoms with van der Waals surface area (Å²) < 4.78 is 75.0. The van der Waals surface area contributed by atoms with E-state index in [1.165, 1.54) is 0 Å². The van der Waals surface area contributed by atoms with Gasteiger partial charge in [0.05, 0.1) is 40.7 Å². The number of halogens is 3. The fourth-order valence-corrected chi connectivity index (χ4v) is 6.85. The van der Waals surface area contributed by atoms with Gasteiger partial charge in [-0.1, -0.05) is 94.8 Å². The molecule has 12 heteroatoms. The van der Waals surface area contributed by atoms with Crippen molar-refractivity contribution in [1.82, 2.24) is 4.90 Å². The van der Waals surface area contributed by atoms with E-state index >= 15 is 0 Å². The molecular weight excluding hydrogens is 692 g/mol. The van der Waals surface area contributed by atoms with E-state index in [0.29, 0.717) is 24.0 Å². The smallest absolute Gasteiger partial charge is 0.416 e. The molecule has 4 aromatic carbocycles. The van der Waals surface area contributed by atoms with Gasteiger partial charge in [0.1, 0.15) is 6.61 Å². The van der Waals surface area contributed by atoms with Gasteiger partial charge >= 0.3 is 18.1 Å². The molecule has 1 aliphatic heterocycles. The van der Waals surface area contributed by atoms with Crippen LogP contribution in [0.15, 0.2) is 108 Å². The van der Waals surface area contributed by atoms with Crippen LogP contribution >= 0.6 is 0 Å². The first-order valence-corrected chi connectivity index (χ1v) is 18.2. The molecule has 0 bridgehead atoms. The molecule has 1 saturated heterocycles. The van der Waals surface area contributed by atoms with Crippen LogP contribution < -0.4 is 0 Å². The van der Waals surface area contributed by atoms with E-state index in [1.54, 1.807) is 49.1 Å². The van der Waals surface area contributed by atoms with Crippen molar-refractivity contribution < 1.29 is 35.9 Å². The largest absolute Gasteiger partial charge is 0.445 e. The van der Waals surface area contributed by atoms with Crippen LogP contribution in [0.2, 0.25) is 0 Å². The fourth-order valence-electron chi connectivity index (χ4n) is 5.96. The van der Waals surface area contributed by atoms with Crippen molar-refractivity contribution in [3.05, 3.63) is 141 Å². The number of alkyl halides is 3. The number of carbonyl (C=O) groups is 1. The van der Waals surface area contributed by atoms with Crippen molar-refractivity contribution in [1.29, 1.82) is 5.26 Å². The van der Waals surface area contributed by atoms with Crippen molar-refractivity contribution in [3.63, 3.8) is 0 Å². The summed E-state index contributed by atoms with van der Waals surface area (Å²) in [6, 6.07) is 31.4. The van der Waals surface area contributed by atoms with E-state index in [1.807, 2.05) is 67.6 Å². The Morgan fingerprint density at radius 1 is 1.00 bits per heavy atom. The highest BCUT2D eigenvalue weighted by Crippen LogP contribution is 2.42. The summed E-state index contributed by atoms with van der Waals surface area (Å²) in [7, 11) is -3.32. The van der Waals surface area contributed by atoms with Gasteiger partial charge in [-0.15, -0.1) is 0 Å². The van der Waals surface area contributed by atoms with Gasteiger partial charge in [0, 0.05) is 6.54 Å². The number of ether oxygens (including phenoxy) is 2. The number of aryl methyl sites for hydroxylation is 2. The Balaban J connectivity index is 0.000000392. The number of piperidine rings is 1. The number of sulfone groups is 1. The second kappa shape index (κ2) is 17.4. The predicted molar refractivity (Wildman–Crippen MR) is 192 cm³/mol. The number of amides is 1. The third-order valence-electron chi connectivity index (χ3n) is 8.84. The highest BCUT2D eigenvalue weighted by molar-refractivity contribution is 7.91. The molecule has 1 fully saturated rings. The fraction of sp³-hybridized carbons (Fsp3) is 0.325. The summed E-state index contributed by atoms with van der Waals surface area (Å²) in [4.78, 5) is 18.5. The molecule has 0 aliphatic carbocycles. The molecular formula is C40H41F3N3O5S+. The number of likely N-dealkylation sites (tertiary alicyclic amines) is 1. The Morgan fingerprint density at radius 2 is 1.63 bits per heavy atom. The molecule has 4 aromatic rings. The van der Waals surface area contributed by atoms with Crippen LogP contribution in [0.3, 0.4) is 0 Å². The minimum Gasteiger partial charge on any atom is -0.445 e. The van der Waals surface area contributed by atoms with Gasteiger partial charge in [-0.25, -0.2) is 13.2 Å². The first-order valence-electron chi connectivity index (χ1n) is 16.6. The van der Waals surface area contributed by atoms with Crippen molar-refractivity contribution in [2.24, 2.45) is 5.92 Å². The highest BCUT2D eigenvalue weighted by Gasteiger charge is 2.47. The Morgan fingerprint density at radius 3 is 2.23 bits per heavy atom. The van der Waals surface area contributed by atoms with E-state index in [2.05, 4.69) is 10.9 Å². The maximum atomic E-state index is 13.5. The standard InChI is InChI=1S/C31H31F3N2O3.C9H10NO2S/c1-22-15-26(17-28(16-22)31(32,33)34)23(2)39-21-30(27-11-7-4-8-12-27)14-13-25(18-35)19-36(30)29(37)38-20-24-9-5-3-6-10-24;1-8-3-5-9(6-4-8)13(11,12)7-10-2/h3-12,15-17,23,25H,13-14,19-21H2,1-2H3;2-6H,7H2,1H3/q;+1/t23-,25?,30-;/m1./s1. The summed E-state index contributed by atoms with van der Waals surface area (Å²) in [5.41, 5.74) is 1.84. The molecule has 0 N–H and O–H groups in total. The zero-order valence-corrected chi connectivity index (χ0v) is 30.0. The third-order valence-corrected chi connectivity index (χ3v) is 10.3. The number of rotatable bonds is 9. The molecule has 5 rings (SSSR count). The molecule has 1 unspecified atom stereocenters. The Labute approximate surface area is 303 Å². The van der Waals surface area contributed by atoms with Gasteiger partial charge < -0.3 is 9.47 Å². The van der Waals surface area contributed by atoms with Gasteiger partial charge in [0.15, 0.2) is 0 Å². The molecule has 52 heavy (non-hydrogen) atoms. The zero-order valence-electron chi connectivity index (χ0n) is 29.2. The summed E-state index contributed by atoms with van der Waals surface area (Å²) in [6.45, 7) is 10.3. The molecule has 1 aliphatic rings. The van der Waals surface area contributed by atoms with E-state index in [4.69, 9.17) is 16.0 Å². The van der Waals surface area contributed by atoms with E-state index in [9.17, 15) is 31.6 Å². The Hall–Kier alpha value is -5.17. The molecule has 8 nitrogen and oxygen atoms in total. The minimum absolute atomic E-state index is 0.0199. The lowest BCUT2D eigenvalue weighted by molar-refractivity contribution is -0.137. The first kappa shape index (κ1) is 39.6. The SMILES string of the molecule is C#[N+]CS(=O)(=O)c1ccc(C)cc1.Cc1cc([C@@H](C)OC[C@@]2(c3ccccc3)CCC(C#N)CN2C(=O)OCc2ccccc2)cc(C(F)(F)F)c1. The van der Waals surface area contributed by atoms with Crippen molar-refractivity contribution in [2.45, 2.75) is 62.9 Å². The maximum Gasteiger partial charge on any atom is 0.416 e. The van der Waals surface area contributed by atoms with Gasteiger partial charge in [0.25, 0.3) is 16.4 Å². The molecule has 0 aromatic heterocycles. The van der Waals surface area contributed by atoms with Crippen LogP contribution in [0.25, 0.3) is 4.85 Å². The summed E-state index contributed by atoms with van der Waals surface area (Å²) in [5.74, 6) is -0.745. The molecule has 272 valence electrons. The van der Waals surface area contributed by atoms with Crippen LogP contribution in [-0.4, -0.2) is 38.4 Å². The maximum absolute atomic E-state index is 13.5. The summed E-state index contributed by atoms with van der Waals surface area (Å²) in [5, 5.41) is 9.67. The van der Waals surface area contributed by atoms with Gasteiger partial charge in [-0.05, 0) is 74.6 Å². The first-order chi connectivity index (χ1) is 24.7. The molecule has 0 saturated carbocycles. The number of hydrogen-bond acceptors (Lipinski definition) is 6. The van der Waals surface area contributed by atoms with E-state index in [0.717, 1.165) is 28.8 Å². The number of hydrogen-bond donors (Lipinski definition) is 0. The lowest BCUT2D eigenvalue weighted by Crippen LogP contribution is -2.57. The Bertz CT molecular complexity index is 1990. The second-order valence-electron chi connectivity index (χ2n) is 12.7.